The molecule has 0 radical (unpaired) electrons. The fourth-order valence-corrected chi connectivity index (χ4v) is 7.82. The van der Waals surface area contributed by atoms with Crippen LogP contribution in [-0.2, 0) is 14.8 Å². The summed E-state index contributed by atoms with van der Waals surface area (Å²) in [5.41, 5.74) is -0.509. The molecule has 2 saturated carbocycles. The molecule has 30 heavy (non-hydrogen) atoms. The highest BCUT2D eigenvalue weighted by Gasteiger charge is 2.65. The van der Waals surface area contributed by atoms with Crippen LogP contribution in [0.3, 0.4) is 0 Å². The maximum Gasteiger partial charge on any atom is 0.254 e. The van der Waals surface area contributed by atoms with Gasteiger partial charge in [0.2, 0.25) is 10.0 Å². The van der Waals surface area contributed by atoms with E-state index in [2.05, 4.69) is 13.8 Å². The lowest BCUT2D eigenvalue weighted by Gasteiger charge is -2.39. The van der Waals surface area contributed by atoms with Crippen molar-refractivity contribution in [2.24, 2.45) is 16.7 Å². The van der Waals surface area contributed by atoms with Crippen LogP contribution in [0.1, 0.15) is 43.5 Å². The van der Waals surface area contributed by atoms with E-state index in [1.165, 1.54) is 4.31 Å². The molecule has 1 amide bonds. The van der Waals surface area contributed by atoms with E-state index in [0.717, 1.165) is 6.42 Å². The van der Waals surface area contributed by atoms with Gasteiger partial charge in [0.05, 0.1) is 12.9 Å². The zero-order valence-corrected chi connectivity index (χ0v) is 18.7. The SMILES string of the molecule is COc1cccc(C(=O)N2CCN(S(=O)(=O)CC34CCC(CC3=O)C4(C)C)CC2)c1. The van der Waals surface area contributed by atoms with Crippen molar-refractivity contribution >= 4 is 21.7 Å². The van der Waals surface area contributed by atoms with Gasteiger partial charge in [-0.15, -0.1) is 0 Å². The van der Waals surface area contributed by atoms with Crippen LogP contribution >= 0.6 is 0 Å². The summed E-state index contributed by atoms with van der Waals surface area (Å²) in [6.07, 6.45) is 2.10. The molecule has 2 atom stereocenters. The number of sulfonamides is 1. The molecule has 4 rings (SSSR count). The van der Waals surface area contributed by atoms with Gasteiger partial charge in [0.1, 0.15) is 11.5 Å². The second-order valence-corrected chi connectivity index (χ2v) is 11.3. The number of carbonyl (C=O) groups is 2. The lowest BCUT2D eigenvalue weighted by Crippen LogP contribution is -2.53. The Hall–Kier alpha value is -1.93. The van der Waals surface area contributed by atoms with Crippen LogP contribution in [0.15, 0.2) is 24.3 Å². The molecule has 3 aliphatic rings. The lowest BCUT2D eigenvalue weighted by molar-refractivity contribution is -0.128. The minimum absolute atomic E-state index is 0.105. The Kier molecular flexibility index (Phi) is 5.21. The van der Waals surface area contributed by atoms with E-state index in [4.69, 9.17) is 4.74 Å². The molecule has 3 fully saturated rings. The highest BCUT2D eigenvalue weighted by Crippen LogP contribution is 2.64. The average Bonchev–Trinajstić information content (AvgIpc) is 3.07. The molecule has 164 valence electrons. The van der Waals surface area contributed by atoms with Crippen molar-refractivity contribution < 1.29 is 22.7 Å². The largest absolute Gasteiger partial charge is 0.497 e. The Balaban J connectivity index is 1.43. The number of ketones is 1. The Labute approximate surface area is 178 Å². The second kappa shape index (κ2) is 7.34. The summed E-state index contributed by atoms with van der Waals surface area (Å²) in [6.45, 7) is 5.29. The van der Waals surface area contributed by atoms with E-state index >= 15 is 0 Å². The van der Waals surface area contributed by atoms with Gasteiger partial charge in [-0.25, -0.2) is 8.42 Å². The van der Waals surface area contributed by atoms with Crippen LogP contribution in [0.4, 0.5) is 0 Å². The Morgan fingerprint density at radius 2 is 1.90 bits per heavy atom. The van der Waals surface area contributed by atoms with Crippen molar-refractivity contribution in [2.75, 3.05) is 39.0 Å². The molecular formula is C22H30N2O5S. The van der Waals surface area contributed by atoms with Gasteiger partial charge in [-0.2, -0.15) is 4.31 Å². The maximum absolute atomic E-state index is 13.2. The Bertz CT molecular complexity index is 965. The highest BCUT2D eigenvalue weighted by atomic mass is 32.2. The fourth-order valence-electron chi connectivity index (χ4n) is 5.62. The number of nitrogens with zero attached hydrogens (tertiary/aromatic N) is 2. The first-order valence-corrected chi connectivity index (χ1v) is 12.2. The van der Waals surface area contributed by atoms with Crippen molar-refractivity contribution in [2.45, 2.75) is 33.1 Å². The predicted octanol–water partition coefficient (Wildman–Crippen LogP) is 2.18. The quantitative estimate of drug-likeness (QED) is 0.709. The third-order valence-corrected chi connectivity index (χ3v) is 9.81. The van der Waals surface area contributed by atoms with E-state index in [1.54, 1.807) is 36.3 Å². The van der Waals surface area contributed by atoms with Gasteiger partial charge in [0.25, 0.3) is 5.91 Å². The Morgan fingerprint density at radius 1 is 1.20 bits per heavy atom. The first-order chi connectivity index (χ1) is 14.1. The minimum Gasteiger partial charge on any atom is -0.497 e. The zero-order valence-electron chi connectivity index (χ0n) is 17.9. The van der Waals surface area contributed by atoms with Crippen molar-refractivity contribution in [1.82, 2.24) is 9.21 Å². The number of ether oxygens (including phenoxy) is 1. The fraction of sp³-hybridized carbons (Fsp3) is 0.636. The monoisotopic (exact) mass is 434 g/mol. The lowest BCUT2D eigenvalue weighted by atomic mass is 9.70. The smallest absolute Gasteiger partial charge is 0.254 e. The number of carbonyl (C=O) groups excluding carboxylic acids is 2. The second-order valence-electron chi connectivity index (χ2n) is 9.35. The van der Waals surface area contributed by atoms with Crippen LogP contribution in [-0.4, -0.2) is 68.4 Å². The molecule has 0 aromatic heterocycles. The van der Waals surface area contributed by atoms with Crippen molar-refractivity contribution in [1.29, 1.82) is 0 Å². The van der Waals surface area contributed by atoms with Crippen LogP contribution in [0.25, 0.3) is 0 Å². The van der Waals surface area contributed by atoms with E-state index in [0.29, 0.717) is 37.2 Å². The number of methoxy groups -OCH3 is 1. The first-order valence-electron chi connectivity index (χ1n) is 10.6. The predicted molar refractivity (Wildman–Crippen MR) is 113 cm³/mol. The number of amides is 1. The zero-order chi connectivity index (χ0) is 21.7. The molecule has 2 bridgehead atoms. The summed E-state index contributed by atoms with van der Waals surface area (Å²) >= 11 is 0. The standard InChI is InChI=1S/C22H30N2O5S/c1-21(2)17-7-8-22(21,19(25)14-17)15-30(27,28)24-11-9-23(10-12-24)20(26)16-5-4-6-18(13-16)29-3/h4-6,13,17H,7-12,14-15H2,1-3H3. The number of hydrogen-bond acceptors (Lipinski definition) is 5. The number of fused-ring (bicyclic) bond motifs is 2. The molecule has 1 aliphatic heterocycles. The topological polar surface area (TPSA) is 84.0 Å². The molecule has 1 aromatic rings. The molecule has 2 aliphatic carbocycles. The van der Waals surface area contributed by atoms with Gasteiger partial charge in [-0.1, -0.05) is 19.9 Å². The van der Waals surface area contributed by atoms with Crippen molar-refractivity contribution in [3.63, 3.8) is 0 Å². The normalized spacial score (nSPS) is 28.7. The van der Waals surface area contributed by atoms with Gasteiger partial charge in [0, 0.05) is 43.6 Å². The van der Waals surface area contributed by atoms with Crippen molar-refractivity contribution in [3.05, 3.63) is 29.8 Å². The highest BCUT2D eigenvalue weighted by molar-refractivity contribution is 7.89. The Morgan fingerprint density at radius 3 is 2.47 bits per heavy atom. The molecule has 0 N–H and O–H groups in total. The minimum atomic E-state index is -3.58. The van der Waals surface area contributed by atoms with E-state index in [1.807, 2.05) is 0 Å². The number of hydrogen-bond donors (Lipinski definition) is 0. The molecule has 0 spiro atoms. The third-order valence-electron chi connectivity index (χ3n) is 7.80. The summed E-state index contributed by atoms with van der Waals surface area (Å²) in [4.78, 5) is 27.2. The van der Waals surface area contributed by atoms with Gasteiger partial charge >= 0.3 is 0 Å². The van der Waals surface area contributed by atoms with Gasteiger partial charge in [0.15, 0.2) is 0 Å². The van der Waals surface area contributed by atoms with Crippen LogP contribution < -0.4 is 4.74 Å². The molecule has 1 saturated heterocycles. The molecule has 7 nitrogen and oxygen atoms in total. The summed E-state index contributed by atoms with van der Waals surface area (Å²) in [6, 6.07) is 6.97. The number of rotatable bonds is 5. The third kappa shape index (κ3) is 3.24. The van der Waals surface area contributed by atoms with E-state index < -0.39 is 15.4 Å². The maximum atomic E-state index is 13.2. The molecule has 1 aromatic carbocycles. The summed E-state index contributed by atoms with van der Waals surface area (Å²) in [5, 5.41) is 0. The van der Waals surface area contributed by atoms with E-state index in [-0.39, 0.29) is 41.9 Å². The summed E-state index contributed by atoms with van der Waals surface area (Å²) in [7, 11) is -2.03. The molecule has 8 heteroatoms. The average molecular weight is 435 g/mol. The summed E-state index contributed by atoms with van der Waals surface area (Å²) in [5.74, 6) is 0.776. The molecule has 1 heterocycles. The first kappa shape index (κ1) is 21.3. The van der Waals surface area contributed by atoms with Crippen molar-refractivity contribution in [3.8, 4) is 5.75 Å². The van der Waals surface area contributed by atoms with Crippen LogP contribution in [0.2, 0.25) is 0 Å². The van der Waals surface area contributed by atoms with Gasteiger partial charge in [-0.05, 0) is 42.4 Å². The molecule has 2 unspecified atom stereocenters. The van der Waals surface area contributed by atoms with Gasteiger partial charge in [-0.3, -0.25) is 9.59 Å². The number of piperazine rings is 1. The van der Waals surface area contributed by atoms with Crippen LogP contribution in [0.5, 0.6) is 5.75 Å². The number of Topliss-reactive ketones (excluding diaryl/α,β-unsaturated/α-hetero) is 1. The van der Waals surface area contributed by atoms with Crippen LogP contribution in [0, 0.1) is 16.7 Å². The molecular weight excluding hydrogens is 404 g/mol. The number of benzene rings is 1. The summed E-state index contributed by atoms with van der Waals surface area (Å²) < 4.78 is 33.1. The van der Waals surface area contributed by atoms with Gasteiger partial charge < -0.3 is 9.64 Å². The van der Waals surface area contributed by atoms with E-state index in [9.17, 15) is 18.0 Å².